The SMILES string of the molecule is Cc1cccc(-c2oc(-c3ccc4ccccc4c3F)nc2-c2ccncc2)c1. The highest BCUT2D eigenvalue weighted by molar-refractivity contribution is 5.88. The molecule has 0 fully saturated rings. The van der Waals surface area contributed by atoms with Crippen LogP contribution in [0.15, 0.2) is 89.6 Å². The number of hydrogen-bond acceptors (Lipinski definition) is 3. The first-order valence-corrected chi connectivity index (χ1v) is 9.36. The first-order chi connectivity index (χ1) is 14.2. The normalized spacial score (nSPS) is 11.1. The third-order valence-electron chi connectivity index (χ3n) is 4.95. The Morgan fingerprint density at radius 2 is 1.66 bits per heavy atom. The Kier molecular flexibility index (Phi) is 4.17. The van der Waals surface area contributed by atoms with Gasteiger partial charge in [0.2, 0.25) is 5.89 Å². The lowest BCUT2D eigenvalue weighted by molar-refractivity contribution is 0.576. The largest absolute Gasteiger partial charge is 0.435 e. The standard InChI is InChI=1S/C25H17FN2O/c1-16-5-4-7-19(15-16)24-23(18-11-13-27-14-12-18)28-25(29-24)21-10-9-17-6-2-3-8-20(17)22(21)26/h2-15H,1H3. The Morgan fingerprint density at radius 1 is 0.828 bits per heavy atom. The van der Waals surface area contributed by atoms with Gasteiger partial charge in [0.1, 0.15) is 11.5 Å². The number of rotatable bonds is 3. The number of fused-ring (bicyclic) bond motifs is 1. The van der Waals surface area contributed by atoms with Crippen molar-refractivity contribution >= 4 is 10.8 Å². The molecule has 2 aromatic heterocycles. The van der Waals surface area contributed by atoms with Gasteiger partial charge in [0, 0.05) is 28.9 Å². The van der Waals surface area contributed by atoms with E-state index in [-0.39, 0.29) is 11.7 Å². The van der Waals surface area contributed by atoms with Crippen LogP contribution in [0.1, 0.15) is 5.56 Å². The summed E-state index contributed by atoms with van der Waals surface area (Å²) < 4.78 is 21.4. The molecule has 0 aliphatic rings. The van der Waals surface area contributed by atoms with E-state index in [9.17, 15) is 0 Å². The third kappa shape index (κ3) is 3.09. The molecule has 0 unspecified atom stereocenters. The van der Waals surface area contributed by atoms with Crippen LogP contribution in [0.25, 0.3) is 44.8 Å². The predicted octanol–water partition coefficient (Wildman–Crippen LogP) is 6.67. The number of halogens is 1. The second kappa shape index (κ2) is 6.99. The molecule has 4 heteroatoms. The average Bonchev–Trinajstić information content (AvgIpc) is 3.20. The highest BCUT2D eigenvalue weighted by Gasteiger charge is 2.21. The summed E-state index contributed by atoms with van der Waals surface area (Å²) in [6.07, 6.45) is 3.42. The minimum Gasteiger partial charge on any atom is -0.435 e. The van der Waals surface area contributed by atoms with Crippen LogP contribution in [0.2, 0.25) is 0 Å². The van der Waals surface area contributed by atoms with Crippen LogP contribution >= 0.6 is 0 Å². The molecule has 0 N–H and O–H groups in total. The van der Waals surface area contributed by atoms with E-state index in [1.165, 1.54) is 0 Å². The summed E-state index contributed by atoms with van der Waals surface area (Å²) in [7, 11) is 0. The Labute approximate surface area is 167 Å². The summed E-state index contributed by atoms with van der Waals surface area (Å²) in [6, 6.07) is 22.7. The topological polar surface area (TPSA) is 38.9 Å². The van der Waals surface area contributed by atoms with Crippen molar-refractivity contribution in [3.63, 3.8) is 0 Å². The molecule has 0 radical (unpaired) electrons. The minimum absolute atomic E-state index is 0.261. The molecule has 0 aliphatic carbocycles. The monoisotopic (exact) mass is 380 g/mol. The molecule has 0 aliphatic heterocycles. The van der Waals surface area contributed by atoms with Crippen LogP contribution in [0.5, 0.6) is 0 Å². The van der Waals surface area contributed by atoms with E-state index in [1.54, 1.807) is 24.5 Å². The zero-order valence-corrected chi connectivity index (χ0v) is 15.8. The van der Waals surface area contributed by atoms with Gasteiger partial charge in [0.25, 0.3) is 0 Å². The van der Waals surface area contributed by atoms with Crippen molar-refractivity contribution in [3.8, 4) is 34.0 Å². The third-order valence-corrected chi connectivity index (χ3v) is 4.95. The Bertz CT molecular complexity index is 1330. The Morgan fingerprint density at radius 3 is 2.48 bits per heavy atom. The second-order valence-electron chi connectivity index (χ2n) is 6.95. The van der Waals surface area contributed by atoms with Crippen LogP contribution in [0, 0.1) is 12.7 Å². The van der Waals surface area contributed by atoms with Gasteiger partial charge in [-0.15, -0.1) is 0 Å². The lowest BCUT2D eigenvalue weighted by Crippen LogP contribution is -1.87. The molecule has 0 saturated carbocycles. The van der Waals surface area contributed by atoms with E-state index in [0.717, 1.165) is 22.1 Å². The van der Waals surface area contributed by atoms with Gasteiger partial charge in [-0.25, -0.2) is 9.37 Å². The molecule has 0 saturated heterocycles. The summed E-state index contributed by atoms with van der Waals surface area (Å²) >= 11 is 0. The molecule has 2 heterocycles. The summed E-state index contributed by atoms with van der Waals surface area (Å²) in [6.45, 7) is 2.02. The smallest absolute Gasteiger partial charge is 0.230 e. The number of aryl methyl sites for hydroxylation is 1. The molecule has 29 heavy (non-hydrogen) atoms. The second-order valence-corrected chi connectivity index (χ2v) is 6.95. The molecule has 5 rings (SSSR count). The van der Waals surface area contributed by atoms with Crippen molar-refractivity contribution in [2.75, 3.05) is 0 Å². The van der Waals surface area contributed by atoms with E-state index in [0.29, 0.717) is 22.4 Å². The molecule has 0 amide bonds. The lowest BCUT2D eigenvalue weighted by Gasteiger charge is -2.03. The summed E-state index contributed by atoms with van der Waals surface area (Å²) in [5, 5.41) is 1.39. The molecular formula is C25H17FN2O. The number of aromatic nitrogens is 2. The van der Waals surface area contributed by atoms with Crippen LogP contribution in [0.3, 0.4) is 0 Å². The molecule has 5 aromatic rings. The van der Waals surface area contributed by atoms with E-state index < -0.39 is 0 Å². The molecule has 0 atom stereocenters. The first-order valence-electron chi connectivity index (χ1n) is 9.36. The maximum absolute atomic E-state index is 15.3. The van der Waals surface area contributed by atoms with Gasteiger partial charge < -0.3 is 4.42 Å². The van der Waals surface area contributed by atoms with E-state index >= 15 is 4.39 Å². The fourth-order valence-corrected chi connectivity index (χ4v) is 3.52. The highest BCUT2D eigenvalue weighted by Crippen LogP contribution is 2.37. The fraction of sp³-hybridized carbons (Fsp3) is 0.0400. The van der Waals surface area contributed by atoms with Crippen LogP contribution < -0.4 is 0 Å². The van der Waals surface area contributed by atoms with Crippen LogP contribution in [0.4, 0.5) is 4.39 Å². The van der Waals surface area contributed by atoms with Crippen LogP contribution in [-0.4, -0.2) is 9.97 Å². The van der Waals surface area contributed by atoms with Crippen molar-refractivity contribution in [2.24, 2.45) is 0 Å². The summed E-state index contributed by atoms with van der Waals surface area (Å²) in [5.74, 6) is 0.542. The van der Waals surface area contributed by atoms with Gasteiger partial charge in [-0.3, -0.25) is 4.98 Å². The lowest BCUT2D eigenvalue weighted by atomic mass is 10.1. The maximum atomic E-state index is 15.3. The molecule has 140 valence electrons. The average molecular weight is 380 g/mol. The van der Waals surface area contributed by atoms with Crippen molar-refractivity contribution in [1.82, 2.24) is 9.97 Å². The molecule has 0 bridgehead atoms. The number of nitrogens with zero attached hydrogens (tertiary/aromatic N) is 2. The number of benzene rings is 3. The van der Waals surface area contributed by atoms with Crippen LogP contribution in [-0.2, 0) is 0 Å². The highest BCUT2D eigenvalue weighted by atomic mass is 19.1. The number of hydrogen-bond donors (Lipinski definition) is 0. The van der Waals surface area contributed by atoms with Crippen molar-refractivity contribution in [3.05, 3.63) is 96.6 Å². The van der Waals surface area contributed by atoms with Crippen molar-refractivity contribution in [2.45, 2.75) is 6.92 Å². The van der Waals surface area contributed by atoms with Gasteiger partial charge in [-0.2, -0.15) is 0 Å². The first kappa shape index (κ1) is 17.3. The van der Waals surface area contributed by atoms with E-state index in [2.05, 4.69) is 9.97 Å². The van der Waals surface area contributed by atoms with Gasteiger partial charge >= 0.3 is 0 Å². The molecule has 3 aromatic carbocycles. The van der Waals surface area contributed by atoms with Gasteiger partial charge in [0.15, 0.2) is 5.76 Å². The number of oxazole rings is 1. The van der Waals surface area contributed by atoms with E-state index in [1.807, 2.05) is 67.6 Å². The van der Waals surface area contributed by atoms with E-state index in [4.69, 9.17) is 4.42 Å². The van der Waals surface area contributed by atoms with Gasteiger partial charge in [0.05, 0.1) is 5.56 Å². The molecular weight excluding hydrogens is 363 g/mol. The number of pyridine rings is 1. The Hall–Kier alpha value is -3.79. The quantitative estimate of drug-likeness (QED) is 0.351. The van der Waals surface area contributed by atoms with Crippen molar-refractivity contribution < 1.29 is 8.81 Å². The summed E-state index contributed by atoms with van der Waals surface area (Å²) in [5.41, 5.74) is 3.89. The van der Waals surface area contributed by atoms with Gasteiger partial charge in [-0.05, 0) is 36.6 Å². The fourth-order valence-electron chi connectivity index (χ4n) is 3.52. The zero-order valence-electron chi connectivity index (χ0n) is 15.8. The van der Waals surface area contributed by atoms with Crippen molar-refractivity contribution in [1.29, 1.82) is 0 Å². The maximum Gasteiger partial charge on any atom is 0.230 e. The predicted molar refractivity (Wildman–Crippen MR) is 113 cm³/mol. The minimum atomic E-state index is -0.332. The summed E-state index contributed by atoms with van der Waals surface area (Å²) in [4.78, 5) is 8.77. The zero-order chi connectivity index (χ0) is 19.8. The Balaban J connectivity index is 1.74. The molecule has 3 nitrogen and oxygen atoms in total. The molecule has 0 spiro atoms. The van der Waals surface area contributed by atoms with Gasteiger partial charge in [-0.1, -0.05) is 54.1 Å².